The first-order chi connectivity index (χ1) is 27.7. The molecule has 0 amide bonds. The first-order valence-electron chi connectivity index (χ1n) is 18.8. The Hall–Kier alpha value is -7.63. The van der Waals surface area contributed by atoms with E-state index in [0.29, 0.717) is 17.6 Å². The summed E-state index contributed by atoms with van der Waals surface area (Å²) in [5.41, 5.74) is 12.3. The molecule has 0 unspecified atom stereocenters. The van der Waals surface area contributed by atoms with Gasteiger partial charge in [-0.15, -0.1) is 0 Å². The van der Waals surface area contributed by atoms with Crippen molar-refractivity contribution in [3.8, 4) is 62.1 Å². The molecule has 0 N–H and O–H groups in total. The van der Waals surface area contributed by atoms with E-state index in [0.717, 1.165) is 82.7 Å². The Morgan fingerprint density at radius 2 is 0.893 bits per heavy atom. The van der Waals surface area contributed by atoms with Crippen molar-refractivity contribution in [2.24, 2.45) is 0 Å². The van der Waals surface area contributed by atoms with Crippen LogP contribution >= 0.6 is 0 Å². The molecule has 3 aromatic heterocycles. The summed E-state index contributed by atoms with van der Waals surface area (Å²) >= 11 is 0. The zero-order chi connectivity index (χ0) is 37.0. The highest BCUT2D eigenvalue weighted by Gasteiger charge is 2.20. The molecule has 5 nitrogen and oxygen atoms in total. The second-order valence-corrected chi connectivity index (χ2v) is 14.0. The number of aromatic nitrogens is 4. The van der Waals surface area contributed by atoms with Gasteiger partial charge in [-0.25, -0.2) is 4.98 Å². The van der Waals surface area contributed by atoms with Crippen LogP contribution in [0.4, 0.5) is 0 Å². The van der Waals surface area contributed by atoms with Crippen molar-refractivity contribution in [1.29, 1.82) is 0 Å². The normalized spacial score (nSPS) is 11.6. The quantitative estimate of drug-likeness (QED) is 0.172. The lowest BCUT2D eigenvalue weighted by molar-refractivity contribution is 0.669. The monoisotopic (exact) mass is 716 g/mol. The SMILES string of the molecule is c1ccc(-c2cc(-c3ccccc3)c3c(c2)oc2cc(-c4nc(-c5ccccc5)nc(-n5c6ccccc6c6cc(-c7ccccc7)ccc65)n4)ccc23)cc1. The van der Waals surface area contributed by atoms with Crippen LogP contribution < -0.4 is 0 Å². The molecule has 5 heteroatoms. The van der Waals surface area contributed by atoms with Crippen molar-refractivity contribution < 1.29 is 4.42 Å². The van der Waals surface area contributed by atoms with Crippen molar-refractivity contribution >= 4 is 43.7 Å². The lowest BCUT2D eigenvalue weighted by atomic mass is 9.94. The van der Waals surface area contributed by atoms with Crippen molar-refractivity contribution in [1.82, 2.24) is 19.5 Å². The second-order valence-electron chi connectivity index (χ2n) is 14.0. The van der Waals surface area contributed by atoms with Crippen LogP contribution in [0.2, 0.25) is 0 Å². The zero-order valence-corrected chi connectivity index (χ0v) is 30.2. The molecule has 0 spiro atoms. The van der Waals surface area contributed by atoms with Gasteiger partial charge in [0.25, 0.3) is 0 Å². The number of nitrogens with zero attached hydrogens (tertiary/aromatic N) is 4. The standard InChI is InChI=1S/C51H32N4O/c1-5-15-33(16-6-1)37-26-28-45-43(29-37)40-23-13-14-24-44(40)55(45)51-53-49(36-21-11-4-12-22-36)52-50(54-51)38-25-27-41-46(31-38)56-47-32-39(34-17-7-2-8-18-34)30-42(48(41)47)35-19-9-3-10-20-35/h1-32H. The van der Waals surface area contributed by atoms with Crippen molar-refractivity contribution in [2.75, 3.05) is 0 Å². The van der Waals surface area contributed by atoms with Gasteiger partial charge in [0, 0.05) is 32.7 Å². The molecular weight excluding hydrogens is 685 g/mol. The van der Waals surface area contributed by atoms with E-state index in [1.807, 2.05) is 42.5 Å². The number of rotatable bonds is 6. The van der Waals surface area contributed by atoms with E-state index in [1.165, 1.54) is 5.56 Å². The summed E-state index contributed by atoms with van der Waals surface area (Å²) in [4.78, 5) is 15.5. The fraction of sp³-hybridized carbons (Fsp3) is 0. The van der Waals surface area contributed by atoms with Gasteiger partial charge in [-0.2, -0.15) is 9.97 Å². The van der Waals surface area contributed by atoms with E-state index in [-0.39, 0.29) is 0 Å². The molecule has 56 heavy (non-hydrogen) atoms. The summed E-state index contributed by atoms with van der Waals surface area (Å²) in [6.07, 6.45) is 0. The fourth-order valence-electron chi connectivity index (χ4n) is 8.00. The fourth-order valence-corrected chi connectivity index (χ4v) is 8.00. The van der Waals surface area contributed by atoms with Crippen LogP contribution in [0.5, 0.6) is 0 Å². The lowest BCUT2D eigenvalue weighted by Crippen LogP contribution is -2.06. The first kappa shape index (κ1) is 31.9. The Labute approximate surface area is 322 Å². The maximum absolute atomic E-state index is 6.74. The Balaban J connectivity index is 1.12. The molecule has 262 valence electrons. The van der Waals surface area contributed by atoms with Crippen LogP contribution in [0.25, 0.3) is 106 Å². The van der Waals surface area contributed by atoms with Gasteiger partial charge >= 0.3 is 0 Å². The number of fused-ring (bicyclic) bond motifs is 6. The Morgan fingerprint density at radius 1 is 0.339 bits per heavy atom. The number of para-hydroxylation sites is 1. The average Bonchev–Trinajstić information content (AvgIpc) is 3.82. The molecule has 0 aliphatic rings. The van der Waals surface area contributed by atoms with E-state index in [2.05, 4.69) is 156 Å². The molecule has 0 atom stereocenters. The highest BCUT2D eigenvalue weighted by Crippen LogP contribution is 2.41. The molecular formula is C51H32N4O. The van der Waals surface area contributed by atoms with Crippen LogP contribution in [0.15, 0.2) is 199 Å². The van der Waals surface area contributed by atoms with E-state index >= 15 is 0 Å². The smallest absolute Gasteiger partial charge is 0.238 e. The topological polar surface area (TPSA) is 56.7 Å². The predicted octanol–water partition coefficient (Wildman–Crippen LogP) is 13.2. The van der Waals surface area contributed by atoms with E-state index < -0.39 is 0 Å². The van der Waals surface area contributed by atoms with Crippen LogP contribution in [0.3, 0.4) is 0 Å². The molecule has 0 aliphatic heterocycles. The minimum Gasteiger partial charge on any atom is -0.456 e. The van der Waals surface area contributed by atoms with E-state index in [1.54, 1.807) is 0 Å². The molecule has 0 aliphatic carbocycles. The first-order valence-corrected chi connectivity index (χ1v) is 18.8. The van der Waals surface area contributed by atoms with Crippen LogP contribution in [0, 0.1) is 0 Å². The van der Waals surface area contributed by atoms with Gasteiger partial charge in [-0.3, -0.25) is 4.57 Å². The Bertz CT molecular complexity index is 3230. The summed E-state index contributed by atoms with van der Waals surface area (Å²) in [6, 6.07) is 67.4. The minimum atomic E-state index is 0.552. The Morgan fingerprint density at radius 3 is 1.61 bits per heavy atom. The molecule has 8 aromatic carbocycles. The molecule has 3 heterocycles. The minimum absolute atomic E-state index is 0.552. The van der Waals surface area contributed by atoms with Gasteiger partial charge in [0.1, 0.15) is 11.2 Å². The summed E-state index contributed by atoms with van der Waals surface area (Å²) < 4.78 is 8.90. The Kier molecular flexibility index (Phi) is 7.42. The molecule has 11 rings (SSSR count). The molecule has 0 fully saturated rings. The van der Waals surface area contributed by atoms with E-state index in [4.69, 9.17) is 19.4 Å². The maximum atomic E-state index is 6.74. The van der Waals surface area contributed by atoms with Gasteiger partial charge < -0.3 is 4.42 Å². The van der Waals surface area contributed by atoms with Gasteiger partial charge in [-0.05, 0) is 75.8 Å². The van der Waals surface area contributed by atoms with Crippen molar-refractivity contribution in [3.63, 3.8) is 0 Å². The van der Waals surface area contributed by atoms with Gasteiger partial charge in [-0.1, -0.05) is 152 Å². The van der Waals surface area contributed by atoms with E-state index in [9.17, 15) is 0 Å². The van der Waals surface area contributed by atoms with Crippen LogP contribution in [-0.2, 0) is 0 Å². The van der Waals surface area contributed by atoms with Crippen LogP contribution in [0.1, 0.15) is 0 Å². The summed E-state index contributed by atoms with van der Waals surface area (Å²) in [7, 11) is 0. The second kappa shape index (κ2) is 13.0. The van der Waals surface area contributed by atoms with Crippen molar-refractivity contribution in [2.45, 2.75) is 0 Å². The molecule has 11 aromatic rings. The third-order valence-corrected chi connectivity index (χ3v) is 10.7. The summed E-state index contributed by atoms with van der Waals surface area (Å²) in [6.45, 7) is 0. The lowest BCUT2D eigenvalue weighted by Gasteiger charge is -2.11. The van der Waals surface area contributed by atoms with Gasteiger partial charge in [0.2, 0.25) is 5.95 Å². The average molecular weight is 717 g/mol. The maximum Gasteiger partial charge on any atom is 0.238 e. The number of benzene rings is 8. The molecule has 0 saturated carbocycles. The van der Waals surface area contributed by atoms with Crippen LogP contribution in [-0.4, -0.2) is 19.5 Å². The highest BCUT2D eigenvalue weighted by molar-refractivity contribution is 6.14. The zero-order valence-electron chi connectivity index (χ0n) is 30.2. The summed E-state index contributed by atoms with van der Waals surface area (Å²) in [5, 5.41) is 4.39. The molecule has 0 radical (unpaired) electrons. The largest absolute Gasteiger partial charge is 0.456 e. The van der Waals surface area contributed by atoms with Gasteiger partial charge in [0.05, 0.1) is 11.0 Å². The molecule has 0 bridgehead atoms. The van der Waals surface area contributed by atoms with Crippen molar-refractivity contribution in [3.05, 3.63) is 194 Å². The number of hydrogen-bond donors (Lipinski definition) is 0. The summed E-state index contributed by atoms with van der Waals surface area (Å²) in [5.74, 6) is 1.72. The van der Waals surface area contributed by atoms with Gasteiger partial charge in [0.15, 0.2) is 11.6 Å². The number of furan rings is 1. The third kappa shape index (κ3) is 5.37. The third-order valence-electron chi connectivity index (χ3n) is 10.7. The predicted molar refractivity (Wildman–Crippen MR) is 229 cm³/mol. The number of hydrogen-bond acceptors (Lipinski definition) is 4. The molecule has 0 saturated heterocycles. The highest BCUT2D eigenvalue weighted by atomic mass is 16.3.